The second-order valence-corrected chi connectivity index (χ2v) is 3.90. The van der Waals surface area contributed by atoms with E-state index in [2.05, 4.69) is 18.2 Å². The third kappa shape index (κ3) is 3.32. The van der Waals surface area contributed by atoms with Crippen LogP contribution in [-0.4, -0.2) is 25.8 Å². The lowest BCUT2D eigenvalue weighted by Crippen LogP contribution is -2.40. The first-order valence-electron chi connectivity index (χ1n) is 5.55. The Morgan fingerprint density at radius 1 is 1.57 bits per heavy atom. The lowest BCUT2D eigenvalue weighted by Gasteiger charge is -2.26. The summed E-state index contributed by atoms with van der Waals surface area (Å²) in [6, 6.07) is 0.429. The molecule has 0 aromatic rings. The van der Waals surface area contributed by atoms with E-state index in [4.69, 9.17) is 11.2 Å². The van der Waals surface area contributed by atoms with Crippen molar-refractivity contribution in [2.45, 2.75) is 44.8 Å². The van der Waals surface area contributed by atoms with Crippen molar-refractivity contribution in [2.75, 3.05) is 13.7 Å². The summed E-state index contributed by atoms with van der Waals surface area (Å²) in [5.41, 5.74) is 0. The molecule has 0 saturated heterocycles. The van der Waals surface area contributed by atoms with E-state index >= 15 is 0 Å². The fourth-order valence-electron chi connectivity index (χ4n) is 1.91. The molecule has 0 aromatic heterocycles. The Kier molecular flexibility index (Phi) is 5.00. The number of likely N-dealkylation sites (N-methyl/N-ethyl adjacent to an activating group) is 1. The van der Waals surface area contributed by atoms with Crippen molar-refractivity contribution >= 4 is 0 Å². The van der Waals surface area contributed by atoms with Gasteiger partial charge in [0.15, 0.2) is 0 Å². The smallest absolute Gasteiger partial charge is 0.0756 e. The van der Waals surface area contributed by atoms with Crippen LogP contribution < -0.4 is 5.32 Å². The van der Waals surface area contributed by atoms with Crippen LogP contribution in [0.25, 0.3) is 0 Å². The van der Waals surface area contributed by atoms with Crippen LogP contribution >= 0.6 is 0 Å². The average molecular weight is 195 g/mol. The van der Waals surface area contributed by atoms with Crippen molar-refractivity contribution in [3.63, 3.8) is 0 Å². The van der Waals surface area contributed by atoms with Crippen molar-refractivity contribution in [2.24, 2.45) is 5.92 Å². The summed E-state index contributed by atoms with van der Waals surface area (Å²) in [4.78, 5) is 0. The second-order valence-electron chi connectivity index (χ2n) is 3.90. The molecule has 2 nitrogen and oxygen atoms in total. The van der Waals surface area contributed by atoms with Crippen LogP contribution in [-0.2, 0) is 4.74 Å². The molecule has 14 heavy (non-hydrogen) atoms. The molecule has 0 amide bonds. The number of rotatable bonds is 7. The lowest BCUT2D eigenvalue weighted by molar-refractivity contribution is 0.0193. The van der Waals surface area contributed by atoms with Crippen LogP contribution in [0.3, 0.4) is 0 Å². The zero-order valence-electron chi connectivity index (χ0n) is 9.25. The predicted octanol–water partition coefficient (Wildman–Crippen LogP) is 1.80. The van der Waals surface area contributed by atoms with Gasteiger partial charge in [-0.2, -0.15) is 0 Å². The molecule has 0 spiro atoms. The second kappa shape index (κ2) is 6.06. The maximum Gasteiger partial charge on any atom is 0.0756 e. The molecule has 1 rings (SSSR count). The third-order valence-corrected chi connectivity index (χ3v) is 2.81. The lowest BCUT2D eigenvalue weighted by atomic mass is 10.0. The Hall–Kier alpha value is -0.520. The Morgan fingerprint density at radius 3 is 2.71 bits per heavy atom. The molecular weight excluding hydrogens is 174 g/mol. The first-order chi connectivity index (χ1) is 6.83. The van der Waals surface area contributed by atoms with Gasteiger partial charge in [-0.05, 0) is 39.2 Å². The summed E-state index contributed by atoms with van der Waals surface area (Å²) in [5, 5.41) is 3.32. The molecule has 1 saturated carbocycles. The minimum absolute atomic E-state index is 0.373. The minimum atomic E-state index is 0.373. The highest BCUT2D eigenvalue weighted by Gasteiger charge is 2.36. The maximum absolute atomic E-state index is 5.78. The van der Waals surface area contributed by atoms with E-state index in [1.54, 1.807) is 0 Å². The number of ether oxygens (including phenoxy) is 1. The van der Waals surface area contributed by atoms with Gasteiger partial charge in [-0.25, -0.2) is 0 Å². The van der Waals surface area contributed by atoms with Crippen molar-refractivity contribution in [1.82, 2.24) is 5.32 Å². The molecule has 0 bridgehead atoms. The quantitative estimate of drug-likeness (QED) is 0.625. The maximum atomic E-state index is 5.78. The third-order valence-electron chi connectivity index (χ3n) is 2.81. The van der Waals surface area contributed by atoms with Gasteiger partial charge in [0, 0.05) is 19.1 Å². The van der Waals surface area contributed by atoms with Crippen LogP contribution in [0.15, 0.2) is 0 Å². The Bertz CT molecular complexity index is 193. The number of hydrogen-bond acceptors (Lipinski definition) is 2. The Balaban J connectivity index is 2.40. The van der Waals surface area contributed by atoms with Crippen LogP contribution in [0.5, 0.6) is 0 Å². The highest BCUT2D eigenvalue weighted by molar-refractivity contribution is 4.93. The molecule has 0 heterocycles. The first-order valence-corrected chi connectivity index (χ1v) is 5.55. The summed E-state index contributed by atoms with van der Waals surface area (Å²) in [6.45, 7) is 2.86. The molecule has 80 valence electrons. The summed E-state index contributed by atoms with van der Waals surface area (Å²) in [6.07, 6.45) is 10.1. The minimum Gasteiger partial charge on any atom is -0.377 e. The Morgan fingerprint density at radius 2 is 2.29 bits per heavy atom. The Labute approximate surface area is 87.4 Å². The molecule has 0 aliphatic heterocycles. The number of hydrogen-bond donors (Lipinski definition) is 1. The highest BCUT2D eigenvalue weighted by Crippen LogP contribution is 2.36. The van der Waals surface area contributed by atoms with Gasteiger partial charge in [0.1, 0.15) is 0 Å². The molecule has 0 aromatic carbocycles. The summed E-state index contributed by atoms with van der Waals surface area (Å²) in [5.74, 6) is 3.46. The van der Waals surface area contributed by atoms with Gasteiger partial charge in [0.2, 0.25) is 0 Å². The monoisotopic (exact) mass is 195 g/mol. The molecule has 2 atom stereocenters. The van der Waals surface area contributed by atoms with Gasteiger partial charge in [-0.1, -0.05) is 0 Å². The highest BCUT2D eigenvalue weighted by atomic mass is 16.5. The molecule has 1 fully saturated rings. The molecule has 1 aliphatic carbocycles. The molecule has 1 N–H and O–H groups in total. The van der Waals surface area contributed by atoms with Crippen molar-refractivity contribution in [1.29, 1.82) is 0 Å². The van der Waals surface area contributed by atoms with Crippen molar-refractivity contribution < 1.29 is 4.74 Å². The molecular formula is C12H21NO. The summed E-state index contributed by atoms with van der Waals surface area (Å²) in [7, 11) is 2.00. The van der Waals surface area contributed by atoms with E-state index in [1.165, 1.54) is 12.8 Å². The van der Waals surface area contributed by atoms with Gasteiger partial charge in [0.05, 0.1) is 6.10 Å². The van der Waals surface area contributed by atoms with Gasteiger partial charge < -0.3 is 10.1 Å². The van der Waals surface area contributed by atoms with Crippen LogP contribution in [0.2, 0.25) is 0 Å². The fourth-order valence-corrected chi connectivity index (χ4v) is 1.91. The standard InChI is InChI=1S/C12H21NO/c1-4-6-7-11(13-3)12(14-5-2)10-8-9-10/h1,10-13H,5-9H2,2-3H3. The molecule has 2 heteroatoms. The van der Waals surface area contributed by atoms with Gasteiger partial charge in [0.25, 0.3) is 0 Å². The molecule has 0 radical (unpaired) electrons. The van der Waals surface area contributed by atoms with Gasteiger partial charge in [-0.3, -0.25) is 0 Å². The van der Waals surface area contributed by atoms with E-state index in [0.717, 1.165) is 25.4 Å². The largest absolute Gasteiger partial charge is 0.377 e. The summed E-state index contributed by atoms with van der Waals surface area (Å²) < 4.78 is 5.78. The first kappa shape index (κ1) is 11.6. The van der Waals surface area contributed by atoms with E-state index in [0.29, 0.717) is 12.1 Å². The van der Waals surface area contributed by atoms with Crippen molar-refractivity contribution in [3.05, 3.63) is 0 Å². The van der Waals surface area contributed by atoms with Crippen LogP contribution in [0.4, 0.5) is 0 Å². The van der Waals surface area contributed by atoms with Crippen LogP contribution in [0.1, 0.15) is 32.6 Å². The fraction of sp³-hybridized carbons (Fsp3) is 0.833. The SMILES string of the molecule is C#CCCC(NC)C(OCC)C1CC1. The number of nitrogens with one attached hydrogen (secondary N) is 1. The van der Waals surface area contributed by atoms with E-state index in [-0.39, 0.29) is 0 Å². The van der Waals surface area contributed by atoms with Crippen molar-refractivity contribution in [3.8, 4) is 12.3 Å². The average Bonchev–Trinajstić information content (AvgIpc) is 3.00. The zero-order valence-corrected chi connectivity index (χ0v) is 9.25. The van der Waals surface area contributed by atoms with Gasteiger partial charge in [-0.15, -0.1) is 12.3 Å². The van der Waals surface area contributed by atoms with Crippen LogP contribution in [0, 0.1) is 18.3 Å². The number of terminal acetylenes is 1. The summed E-state index contributed by atoms with van der Waals surface area (Å²) >= 11 is 0. The van der Waals surface area contributed by atoms with Gasteiger partial charge >= 0.3 is 0 Å². The van der Waals surface area contributed by atoms with E-state index < -0.39 is 0 Å². The van der Waals surface area contributed by atoms with E-state index in [1.807, 2.05) is 7.05 Å². The molecule has 1 aliphatic rings. The van der Waals surface area contributed by atoms with E-state index in [9.17, 15) is 0 Å². The normalized spacial score (nSPS) is 20.1. The zero-order chi connectivity index (χ0) is 10.4. The topological polar surface area (TPSA) is 21.3 Å². The molecule has 2 unspecified atom stereocenters. The predicted molar refractivity (Wildman–Crippen MR) is 59.1 cm³/mol.